The number of rotatable bonds is 9. The van der Waals surface area contributed by atoms with E-state index in [4.69, 9.17) is 10.5 Å². The van der Waals surface area contributed by atoms with E-state index < -0.39 is 0 Å². The maximum Gasteiger partial charge on any atom is 0.144 e. The van der Waals surface area contributed by atoms with Gasteiger partial charge in [0.1, 0.15) is 5.75 Å². The Morgan fingerprint density at radius 1 is 1.05 bits per heavy atom. The molecule has 0 unspecified atom stereocenters. The Hall–Kier alpha value is -1.42. The zero-order valence-corrected chi connectivity index (χ0v) is 13.4. The first-order valence-corrected chi connectivity index (χ1v) is 7.51. The third-order valence-electron chi connectivity index (χ3n) is 3.16. The van der Waals surface area contributed by atoms with Crippen LogP contribution in [0, 0.1) is 0 Å². The number of ether oxygens (including phenoxy) is 1. The molecule has 0 aromatic heterocycles. The predicted molar refractivity (Wildman–Crippen MR) is 87.7 cm³/mol. The molecule has 4 nitrogen and oxygen atoms in total. The fourth-order valence-corrected chi connectivity index (χ4v) is 2.09. The van der Waals surface area contributed by atoms with E-state index in [1.807, 2.05) is 12.1 Å². The SMILES string of the molecule is CCCOc1cccc(N(CCC)CCN(C)C)c1N. The van der Waals surface area contributed by atoms with E-state index >= 15 is 0 Å². The quantitative estimate of drug-likeness (QED) is 0.706. The minimum Gasteiger partial charge on any atom is -0.491 e. The molecule has 1 aromatic rings. The summed E-state index contributed by atoms with van der Waals surface area (Å²) in [4.78, 5) is 4.53. The van der Waals surface area contributed by atoms with E-state index in [0.29, 0.717) is 6.61 Å². The van der Waals surface area contributed by atoms with Gasteiger partial charge in [-0.1, -0.05) is 19.9 Å². The van der Waals surface area contributed by atoms with Crippen molar-refractivity contribution in [3.63, 3.8) is 0 Å². The molecule has 0 spiro atoms. The minimum absolute atomic E-state index is 0.707. The highest BCUT2D eigenvalue weighted by Gasteiger charge is 2.12. The fraction of sp³-hybridized carbons (Fsp3) is 0.625. The van der Waals surface area contributed by atoms with Crippen LogP contribution in [0.5, 0.6) is 5.75 Å². The van der Waals surface area contributed by atoms with Crippen LogP contribution in [0.1, 0.15) is 26.7 Å². The molecule has 2 N–H and O–H groups in total. The molecule has 20 heavy (non-hydrogen) atoms. The van der Waals surface area contributed by atoms with Gasteiger partial charge in [0.05, 0.1) is 18.0 Å². The maximum atomic E-state index is 6.28. The zero-order chi connectivity index (χ0) is 15.0. The lowest BCUT2D eigenvalue weighted by Gasteiger charge is -2.28. The van der Waals surface area contributed by atoms with Gasteiger partial charge in [-0.25, -0.2) is 0 Å². The van der Waals surface area contributed by atoms with Crippen molar-refractivity contribution in [2.45, 2.75) is 26.7 Å². The first-order valence-electron chi connectivity index (χ1n) is 7.51. The van der Waals surface area contributed by atoms with E-state index in [0.717, 1.165) is 49.6 Å². The number of hydrogen-bond donors (Lipinski definition) is 1. The van der Waals surface area contributed by atoms with E-state index in [9.17, 15) is 0 Å². The average molecular weight is 279 g/mol. The summed E-state index contributed by atoms with van der Waals surface area (Å²) in [5.74, 6) is 0.801. The van der Waals surface area contributed by atoms with E-state index in [-0.39, 0.29) is 0 Å². The lowest BCUT2D eigenvalue weighted by atomic mass is 10.2. The fourth-order valence-electron chi connectivity index (χ4n) is 2.09. The summed E-state index contributed by atoms with van der Waals surface area (Å²) >= 11 is 0. The number of nitrogens with zero attached hydrogens (tertiary/aromatic N) is 2. The topological polar surface area (TPSA) is 41.7 Å². The predicted octanol–water partition coefficient (Wildman–Crippen LogP) is 2.84. The number of nitrogen functional groups attached to an aromatic ring is 1. The standard InChI is InChI=1S/C16H29N3O/c1-5-10-19(12-11-18(3)4)14-8-7-9-15(16(14)17)20-13-6-2/h7-9H,5-6,10-13,17H2,1-4H3. The second-order valence-corrected chi connectivity index (χ2v) is 5.33. The van der Waals surface area contributed by atoms with Crippen LogP contribution in [0.2, 0.25) is 0 Å². The number of para-hydroxylation sites is 1. The molecule has 0 bridgehead atoms. The Morgan fingerprint density at radius 3 is 2.40 bits per heavy atom. The molecule has 0 aliphatic heterocycles. The summed E-state index contributed by atoms with van der Waals surface area (Å²) in [5, 5.41) is 0. The van der Waals surface area contributed by atoms with Crippen molar-refractivity contribution in [3.05, 3.63) is 18.2 Å². The van der Waals surface area contributed by atoms with Crippen molar-refractivity contribution in [2.24, 2.45) is 0 Å². The van der Waals surface area contributed by atoms with Crippen LogP contribution in [0.4, 0.5) is 11.4 Å². The Kier molecular flexibility index (Phi) is 7.23. The van der Waals surface area contributed by atoms with Crippen LogP contribution in [0.15, 0.2) is 18.2 Å². The van der Waals surface area contributed by atoms with Crippen LogP contribution in [-0.2, 0) is 0 Å². The van der Waals surface area contributed by atoms with Gasteiger partial charge in [0.15, 0.2) is 0 Å². The Balaban J connectivity index is 2.88. The van der Waals surface area contributed by atoms with Crippen LogP contribution in [-0.4, -0.2) is 45.2 Å². The van der Waals surface area contributed by atoms with Crippen LogP contribution < -0.4 is 15.4 Å². The van der Waals surface area contributed by atoms with Crippen molar-refractivity contribution in [1.82, 2.24) is 4.90 Å². The monoisotopic (exact) mass is 279 g/mol. The molecule has 1 rings (SSSR count). The number of benzene rings is 1. The van der Waals surface area contributed by atoms with Gasteiger partial charge < -0.3 is 20.3 Å². The molecule has 0 aliphatic carbocycles. The van der Waals surface area contributed by atoms with Gasteiger partial charge in [-0.15, -0.1) is 0 Å². The molecule has 4 heteroatoms. The second kappa shape index (κ2) is 8.69. The summed E-state index contributed by atoms with van der Waals surface area (Å²) < 4.78 is 5.72. The van der Waals surface area contributed by atoms with Crippen LogP contribution >= 0.6 is 0 Å². The first-order chi connectivity index (χ1) is 9.60. The molecule has 0 amide bonds. The van der Waals surface area contributed by atoms with Crippen molar-refractivity contribution >= 4 is 11.4 Å². The van der Waals surface area contributed by atoms with Crippen molar-refractivity contribution in [2.75, 3.05) is 51.0 Å². The third kappa shape index (κ3) is 4.93. The van der Waals surface area contributed by atoms with Crippen molar-refractivity contribution < 1.29 is 4.74 Å². The van der Waals surface area contributed by atoms with E-state index in [2.05, 4.69) is 43.8 Å². The van der Waals surface area contributed by atoms with Gasteiger partial charge in [0.2, 0.25) is 0 Å². The average Bonchev–Trinajstić information content (AvgIpc) is 2.42. The number of likely N-dealkylation sites (N-methyl/N-ethyl adjacent to an activating group) is 1. The highest BCUT2D eigenvalue weighted by Crippen LogP contribution is 2.32. The van der Waals surface area contributed by atoms with E-state index in [1.54, 1.807) is 0 Å². The second-order valence-electron chi connectivity index (χ2n) is 5.33. The number of nitrogens with two attached hydrogens (primary N) is 1. The molecular formula is C16H29N3O. The maximum absolute atomic E-state index is 6.28. The molecule has 0 saturated heterocycles. The molecule has 1 aromatic carbocycles. The summed E-state index contributed by atoms with van der Waals surface area (Å²) in [6.45, 7) is 7.99. The highest BCUT2D eigenvalue weighted by molar-refractivity contribution is 5.74. The van der Waals surface area contributed by atoms with Crippen LogP contribution in [0.25, 0.3) is 0 Å². The van der Waals surface area contributed by atoms with E-state index in [1.165, 1.54) is 0 Å². The summed E-state index contributed by atoms with van der Waals surface area (Å²) in [6, 6.07) is 6.05. The lowest BCUT2D eigenvalue weighted by Crippen LogP contribution is -2.32. The molecule has 0 fully saturated rings. The molecule has 0 radical (unpaired) electrons. The number of hydrogen-bond acceptors (Lipinski definition) is 4. The Labute approximate surface area is 123 Å². The largest absolute Gasteiger partial charge is 0.491 e. The Bertz CT molecular complexity index is 393. The van der Waals surface area contributed by atoms with Crippen molar-refractivity contribution in [3.8, 4) is 5.75 Å². The third-order valence-corrected chi connectivity index (χ3v) is 3.16. The van der Waals surface area contributed by atoms with Gasteiger partial charge in [0, 0.05) is 19.6 Å². The molecule has 0 atom stereocenters. The molecule has 0 aliphatic rings. The normalized spacial score (nSPS) is 10.8. The van der Waals surface area contributed by atoms with Gasteiger partial charge >= 0.3 is 0 Å². The first kappa shape index (κ1) is 16.6. The highest BCUT2D eigenvalue weighted by atomic mass is 16.5. The molecule has 0 heterocycles. The van der Waals surface area contributed by atoms with Gasteiger partial charge in [0.25, 0.3) is 0 Å². The smallest absolute Gasteiger partial charge is 0.144 e. The van der Waals surface area contributed by atoms with Crippen LogP contribution in [0.3, 0.4) is 0 Å². The van der Waals surface area contributed by atoms with Crippen molar-refractivity contribution in [1.29, 1.82) is 0 Å². The summed E-state index contributed by atoms with van der Waals surface area (Å²) in [5.41, 5.74) is 8.12. The van der Waals surface area contributed by atoms with Gasteiger partial charge in [-0.05, 0) is 39.1 Å². The minimum atomic E-state index is 0.707. The van der Waals surface area contributed by atoms with Gasteiger partial charge in [-0.3, -0.25) is 0 Å². The molecule has 114 valence electrons. The number of anilines is 2. The Morgan fingerprint density at radius 2 is 1.80 bits per heavy atom. The van der Waals surface area contributed by atoms with Gasteiger partial charge in [-0.2, -0.15) is 0 Å². The molecular weight excluding hydrogens is 250 g/mol. The lowest BCUT2D eigenvalue weighted by molar-refractivity contribution is 0.319. The summed E-state index contributed by atoms with van der Waals surface area (Å²) in [6.07, 6.45) is 2.09. The molecule has 0 saturated carbocycles. The summed E-state index contributed by atoms with van der Waals surface area (Å²) in [7, 11) is 4.18. The zero-order valence-electron chi connectivity index (χ0n) is 13.4.